The van der Waals surface area contributed by atoms with Gasteiger partial charge in [0.25, 0.3) is 10.1 Å². The third-order valence-corrected chi connectivity index (χ3v) is 4.38. The van der Waals surface area contributed by atoms with Gasteiger partial charge in [0.05, 0.1) is 0 Å². The quantitative estimate of drug-likeness (QED) is 0.398. The van der Waals surface area contributed by atoms with Gasteiger partial charge in [0, 0.05) is 12.0 Å². The Labute approximate surface area is 127 Å². The molecule has 1 aromatic carbocycles. The molecule has 0 unspecified atom stereocenters. The van der Waals surface area contributed by atoms with Gasteiger partial charge in [0.15, 0.2) is 5.78 Å². The Morgan fingerprint density at radius 2 is 1.57 bits per heavy atom. The van der Waals surface area contributed by atoms with Gasteiger partial charge in [0.2, 0.25) is 0 Å². The average molecular weight is 312 g/mol. The molecule has 0 saturated heterocycles. The van der Waals surface area contributed by atoms with Crippen LogP contribution in [0.1, 0.15) is 68.6 Å². The van der Waals surface area contributed by atoms with Crippen LogP contribution in [0, 0.1) is 0 Å². The minimum atomic E-state index is -4.34. The summed E-state index contributed by atoms with van der Waals surface area (Å²) >= 11 is 0. The molecule has 1 N–H and O–H groups in total. The fourth-order valence-electron chi connectivity index (χ4n) is 2.30. The molecule has 0 aromatic heterocycles. The number of hydrogen-bond acceptors (Lipinski definition) is 3. The van der Waals surface area contributed by atoms with Crippen molar-refractivity contribution in [3.05, 3.63) is 29.8 Å². The summed E-state index contributed by atoms with van der Waals surface area (Å²) in [6.07, 6.45) is 8.03. The third kappa shape index (κ3) is 6.40. The predicted molar refractivity (Wildman–Crippen MR) is 83.2 cm³/mol. The molecule has 0 bridgehead atoms. The molecular weight excluding hydrogens is 288 g/mol. The number of hydrogen-bond donors (Lipinski definition) is 1. The number of unbranched alkanes of at least 4 members (excludes halogenated alkanes) is 6. The Hall–Kier alpha value is -1.20. The van der Waals surface area contributed by atoms with E-state index >= 15 is 0 Å². The van der Waals surface area contributed by atoms with E-state index in [4.69, 9.17) is 4.55 Å². The van der Waals surface area contributed by atoms with Gasteiger partial charge < -0.3 is 0 Å². The molecule has 1 rings (SSSR count). The first-order chi connectivity index (χ1) is 9.96. The van der Waals surface area contributed by atoms with Crippen molar-refractivity contribution in [3.63, 3.8) is 0 Å². The van der Waals surface area contributed by atoms with E-state index in [0.29, 0.717) is 6.42 Å². The summed E-state index contributed by atoms with van der Waals surface area (Å²) < 4.78 is 31.6. The number of benzene rings is 1. The third-order valence-electron chi connectivity index (χ3n) is 3.47. The highest BCUT2D eigenvalue weighted by Gasteiger charge is 2.19. The van der Waals surface area contributed by atoms with Crippen molar-refractivity contribution in [2.75, 3.05) is 0 Å². The maximum absolute atomic E-state index is 12.1. The Bertz CT molecular complexity index is 549. The van der Waals surface area contributed by atoms with Crippen LogP contribution in [0.5, 0.6) is 0 Å². The van der Waals surface area contributed by atoms with Crippen molar-refractivity contribution in [2.45, 2.75) is 63.2 Å². The number of Topliss-reactive ketones (excluding diaryl/α,β-unsaturated/α-hetero) is 1. The van der Waals surface area contributed by atoms with Crippen LogP contribution in [0.3, 0.4) is 0 Å². The summed E-state index contributed by atoms with van der Waals surface area (Å²) in [7, 11) is -4.34. The number of carbonyl (C=O) groups is 1. The Morgan fingerprint density at radius 1 is 1.00 bits per heavy atom. The molecule has 1 aromatic rings. The maximum Gasteiger partial charge on any atom is 0.295 e. The lowest BCUT2D eigenvalue weighted by molar-refractivity contribution is 0.0975. The molecule has 21 heavy (non-hydrogen) atoms. The summed E-state index contributed by atoms with van der Waals surface area (Å²) in [5.74, 6) is -0.225. The lowest BCUT2D eigenvalue weighted by Crippen LogP contribution is -2.08. The molecule has 5 heteroatoms. The monoisotopic (exact) mass is 312 g/mol. The topological polar surface area (TPSA) is 71.4 Å². The van der Waals surface area contributed by atoms with Gasteiger partial charge in [-0.15, -0.1) is 0 Å². The van der Waals surface area contributed by atoms with Gasteiger partial charge in [-0.2, -0.15) is 8.42 Å². The van der Waals surface area contributed by atoms with Crippen LogP contribution in [0.25, 0.3) is 0 Å². The lowest BCUT2D eigenvalue weighted by Gasteiger charge is -2.06. The molecule has 0 heterocycles. The normalized spacial score (nSPS) is 11.5. The molecule has 118 valence electrons. The Balaban J connectivity index is 2.47. The molecule has 0 fully saturated rings. The molecule has 0 aliphatic rings. The van der Waals surface area contributed by atoms with Crippen molar-refractivity contribution >= 4 is 15.9 Å². The van der Waals surface area contributed by atoms with E-state index in [1.807, 2.05) is 0 Å². The van der Waals surface area contributed by atoms with Crippen LogP contribution in [-0.4, -0.2) is 18.8 Å². The Kier molecular flexibility index (Phi) is 7.61. The first-order valence-corrected chi connectivity index (χ1v) is 9.00. The molecule has 0 aliphatic carbocycles. The fourth-order valence-corrected chi connectivity index (χ4v) is 3.01. The molecule has 0 aliphatic heterocycles. The van der Waals surface area contributed by atoms with Gasteiger partial charge in [-0.1, -0.05) is 63.6 Å². The summed E-state index contributed by atoms with van der Waals surface area (Å²) in [5.41, 5.74) is 0.0889. The first kappa shape index (κ1) is 17.9. The predicted octanol–water partition coefficient (Wildman–Crippen LogP) is 4.26. The number of carbonyl (C=O) groups excluding carboxylic acids is 1. The van der Waals surface area contributed by atoms with Crippen LogP contribution < -0.4 is 0 Å². The van der Waals surface area contributed by atoms with Gasteiger partial charge >= 0.3 is 0 Å². The van der Waals surface area contributed by atoms with Gasteiger partial charge in [-0.3, -0.25) is 9.35 Å². The van der Waals surface area contributed by atoms with Crippen LogP contribution in [0.4, 0.5) is 0 Å². The van der Waals surface area contributed by atoms with Crippen molar-refractivity contribution in [3.8, 4) is 0 Å². The molecule has 0 spiro atoms. The molecule has 4 nitrogen and oxygen atoms in total. The van der Waals surface area contributed by atoms with Gasteiger partial charge in [0.1, 0.15) is 4.90 Å². The number of ketones is 1. The molecule has 0 atom stereocenters. The van der Waals surface area contributed by atoms with E-state index in [1.54, 1.807) is 6.07 Å². The van der Waals surface area contributed by atoms with Crippen LogP contribution in [0.2, 0.25) is 0 Å². The lowest BCUT2D eigenvalue weighted by atomic mass is 10.0. The van der Waals surface area contributed by atoms with Crippen LogP contribution in [-0.2, 0) is 10.1 Å². The molecule has 0 saturated carbocycles. The van der Waals surface area contributed by atoms with E-state index in [0.717, 1.165) is 19.3 Å². The standard InChI is InChI=1S/C16H24O4S/c1-2-3-4-5-6-7-8-12-15(17)14-11-9-10-13-16(14)21(18,19)20/h9-11,13H,2-8,12H2,1H3,(H,18,19,20). The Morgan fingerprint density at radius 3 is 2.19 bits per heavy atom. The second-order valence-corrected chi connectivity index (χ2v) is 6.66. The maximum atomic E-state index is 12.1. The zero-order valence-electron chi connectivity index (χ0n) is 12.5. The average Bonchev–Trinajstić information content (AvgIpc) is 2.45. The van der Waals surface area contributed by atoms with Crippen molar-refractivity contribution < 1.29 is 17.8 Å². The van der Waals surface area contributed by atoms with Crippen LogP contribution >= 0.6 is 0 Å². The molecular formula is C16H24O4S. The minimum absolute atomic E-state index is 0.0889. The second-order valence-electron chi connectivity index (χ2n) is 5.27. The van der Waals surface area contributed by atoms with E-state index in [2.05, 4.69) is 6.92 Å². The fraction of sp³-hybridized carbons (Fsp3) is 0.562. The smallest absolute Gasteiger partial charge is 0.294 e. The SMILES string of the molecule is CCCCCCCCCC(=O)c1ccccc1S(=O)(=O)O. The van der Waals surface area contributed by atoms with E-state index in [-0.39, 0.29) is 16.2 Å². The minimum Gasteiger partial charge on any atom is -0.294 e. The summed E-state index contributed by atoms with van der Waals surface area (Å²) in [4.78, 5) is 11.8. The van der Waals surface area contributed by atoms with Crippen molar-refractivity contribution in [2.24, 2.45) is 0 Å². The zero-order chi connectivity index (χ0) is 15.7. The molecule has 0 radical (unpaired) electrons. The van der Waals surface area contributed by atoms with Crippen LogP contribution in [0.15, 0.2) is 29.2 Å². The van der Waals surface area contributed by atoms with E-state index < -0.39 is 10.1 Å². The largest absolute Gasteiger partial charge is 0.295 e. The first-order valence-electron chi connectivity index (χ1n) is 7.56. The highest BCUT2D eigenvalue weighted by molar-refractivity contribution is 7.86. The summed E-state index contributed by atoms with van der Waals surface area (Å²) in [6.45, 7) is 2.17. The van der Waals surface area contributed by atoms with Crippen molar-refractivity contribution in [1.82, 2.24) is 0 Å². The molecule has 0 amide bonds. The second kappa shape index (κ2) is 8.95. The highest BCUT2D eigenvalue weighted by atomic mass is 32.2. The van der Waals surface area contributed by atoms with E-state index in [9.17, 15) is 13.2 Å². The van der Waals surface area contributed by atoms with Gasteiger partial charge in [-0.25, -0.2) is 0 Å². The van der Waals surface area contributed by atoms with E-state index in [1.165, 1.54) is 43.9 Å². The van der Waals surface area contributed by atoms with Crippen molar-refractivity contribution in [1.29, 1.82) is 0 Å². The zero-order valence-corrected chi connectivity index (χ0v) is 13.4. The summed E-state index contributed by atoms with van der Waals surface area (Å²) in [6, 6.07) is 5.81. The van der Waals surface area contributed by atoms with Gasteiger partial charge in [-0.05, 0) is 12.5 Å². The highest BCUT2D eigenvalue weighted by Crippen LogP contribution is 2.18. The number of rotatable bonds is 10. The summed E-state index contributed by atoms with van der Waals surface area (Å²) in [5, 5.41) is 0.